The van der Waals surface area contributed by atoms with Crippen LogP contribution in [0.1, 0.15) is 40.0 Å². The van der Waals surface area contributed by atoms with Crippen molar-refractivity contribution in [2.45, 2.75) is 64.3 Å². The lowest BCUT2D eigenvalue weighted by Crippen LogP contribution is -2.51. The fourth-order valence-electron chi connectivity index (χ4n) is 2.21. The monoisotopic (exact) mass is 252 g/mol. The zero-order chi connectivity index (χ0) is 13.1. The molecular weight excluding hydrogens is 229 g/mol. The maximum absolute atomic E-state index is 12.4. The topological polar surface area (TPSA) is 15.3 Å². The molecule has 0 aromatic heterocycles. The number of hydrogen-bond donors (Lipinski definition) is 1. The molecule has 0 aliphatic carbocycles. The molecule has 0 amide bonds. The highest BCUT2D eigenvalue weighted by Gasteiger charge is 2.37. The van der Waals surface area contributed by atoms with Crippen LogP contribution < -0.4 is 5.32 Å². The Balaban J connectivity index is 2.33. The van der Waals surface area contributed by atoms with Gasteiger partial charge in [0, 0.05) is 12.1 Å². The first-order valence-corrected chi connectivity index (χ1v) is 6.41. The van der Waals surface area contributed by atoms with Crippen molar-refractivity contribution < 1.29 is 13.2 Å². The molecule has 0 bridgehead atoms. The van der Waals surface area contributed by atoms with Crippen molar-refractivity contribution in [3.8, 4) is 0 Å². The maximum Gasteiger partial charge on any atom is 0.403 e. The van der Waals surface area contributed by atoms with Crippen molar-refractivity contribution in [3.05, 3.63) is 0 Å². The highest BCUT2D eigenvalue weighted by Crippen LogP contribution is 2.22. The lowest BCUT2D eigenvalue weighted by Gasteiger charge is -2.37. The molecule has 0 radical (unpaired) electrons. The minimum absolute atomic E-state index is 0.00642. The number of nitrogens with zero attached hydrogens (tertiary/aromatic N) is 1. The van der Waals surface area contributed by atoms with Gasteiger partial charge >= 0.3 is 6.18 Å². The summed E-state index contributed by atoms with van der Waals surface area (Å²) in [6.45, 7) is 7.31. The molecule has 1 saturated heterocycles. The van der Waals surface area contributed by atoms with Gasteiger partial charge in [-0.05, 0) is 46.2 Å². The number of alkyl halides is 3. The first-order valence-electron chi connectivity index (χ1n) is 6.41. The van der Waals surface area contributed by atoms with E-state index in [0.29, 0.717) is 6.04 Å². The maximum atomic E-state index is 12.4. The van der Waals surface area contributed by atoms with Gasteiger partial charge in [-0.3, -0.25) is 0 Å². The van der Waals surface area contributed by atoms with Crippen LogP contribution in [-0.4, -0.2) is 42.3 Å². The van der Waals surface area contributed by atoms with Crippen molar-refractivity contribution in [1.82, 2.24) is 10.2 Å². The molecule has 1 rings (SSSR count). The van der Waals surface area contributed by atoms with Crippen LogP contribution in [0.25, 0.3) is 0 Å². The molecule has 1 fully saturated rings. The molecule has 5 heteroatoms. The van der Waals surface area contributed by atoms with E-state index in [-0.39, 0.29) is 6.04 Å². The molecule has 0 saturated carbocycles. The lowest BCUT2D eigenvalue weighted by molar-refractivity contribution is -0.154. The third-order valence-electron chi connectivity index (χ3n) is 3.72. The fraction of sp³-hybridized carbons (Fsp3) is 1.00. The van der Waals surface area contributed by atoms with Gasteiger partial charge in [-0.15, -0.1) is 0 Å². The van der Waals surface area contributed by atoms with Crippen LogP contribution in [0, 0.1) is 0 Å². The van der Waals surface area contributed by atoms with Crippen molar-refractivity contribution in [2.24, 2.45) is 0 Å². The Kier molecular flexibility index (Phi) is 5.25. The van der Waals surface area contributed by atoms with E-state index in [2.05, 4.69) is 24.1 Å². The molecule has 1 aliphatic rings. The molecule has 0 spiro atoms. The quantitative estimate of drug-likeness (QED) is 0.827. The second kappa shape index (κ2) is 6.05. The largest absolute Gasteiger partial charge is 0.403 e. The van der Waals surface area contributed by atoms with Crippen molar-refractivity contribution >= 4 is 0 Å². The Morgan fingerprint density at radius 3 is 2.18 bits per heavy atom. The molecule has 2 nitrogen and oxygen atoms in total. The van der Waals surface area contributed by atoms with Gasteiger partial charge in [0.25, 0.3) is 0 Å². The molecule has 1 heterocycles. The lowest BCUT2D eigenvalue weighted by atomic mass is 10.0. The Hall–Kier alpha value is -0.290. The zero-order valence-electron chi connectivity index (χ0n) is 10.8. The summed E-state index contributed by atoms with van der Waals surface area (Å²) in [6, 6.07) is -0.856. The van der Waals surface area contributed by atoms with Gasteiger partial charge < -0.3 is 10.2 Å². The third-order valence-corrected chi connectivity index (χ3v) is 3.72. The number of nitrogens with one attached hydrogen (secondary N) is 1. The van der Waals surface area contributed by atoms with Gasteiger partial charge in [0.1, 0.15) is 6.04 Å². The zero-order valence-corrected chi connectivity index (χ0v) is 10.8. The van der Waals surface area contributed by atoms with Crippen LogP contribution in [0.15, 0.2) is 0 Å². The number of halogens is 3. The summed E-state index contributed by atoms with van der Waals surface area (Å²) < 4.78 is 37.2. The summed E-state index contributed by atoms with van der Waals surface area (Å²) in [7, 11) is 0. The summed E-state index contributed by atoms with van der Waals surface area (Å²) in [5, 5.41) is 2.68. The van der Waals surface area contributed by atoms with Crippen molar-refractivity contribution in [3.63, 3.8) is 0 Å². The Bertz CT molecular complexity index is 222. The first-order chi connectivity index (χ1) is 7.84. The number of piperidine rings is 1. The SMILES string of the molecule is CCC(C)N1CCC(NC(C)C(F)(F)F)CC1. The Morgan fingerprint density at radius 2 is 1.76 bits per heavy atom. The predicted molar refractivity (Wildman–Crippen MR) is 63.0 cm³/mol. The molecule has 17 heavy (non-hydrogen) atoms. The highest BCUT2D eigenvalue weighted by molar-refractivity contribution is 4.83. The summed E-state index contributed by atoms with van der Waals surface area (Å²) in [4.78, 5) is 2.36. The van der Waals surface area contributed by atoms with Crippen LogP contribution in [0.5, 0.6) is 0 Å². The molecule has 0 aromatic carbocycles. The summed E-state index contributed by atoms with van der Waals surface area (Å²) in [5.41, 5.74) is 0. The number of hydrogen-bond acceptors (Lipinski definition) is 2. The van der Waals surface area contributed by atoms with E-state index in [1.54, 1.807) is 0 Å². The molecule has 0 aromatic rings. The Morgan fingerprint density at radius 1 is 1.24 bits per heavy atom. The van der Waals surface area contributed by atoms with Gasteiger partial charge in [-0.25, -0.2) is 0 Å². The van der Waals surface area contributed by atoms with Gasteiger partial charge in [0.05, 0.1) is 0 Å². The summed E-state index contributed by atoms with van der Waals surface area (Å²) in [5.74, 6) is 0. The molecule has 2 unspecified atom stereocenters. The molecular formula is C12H23F3N2. The highest BCUT2D eigenvalue weighted by atomic mass is 19.4. The van der Waals surface area contributed by atoms with E-state index in [9.17, 15) is 13.2 Å². The minimum atomic E-state index is -4.13. The second-order valence-electron chi connectivity index (χ2n) is 5.00. The number of likely N-dealkylation sites (tertiary alicyclic amines) is 1. The summed E-state index contributed by atoms with van der Waals surface area (Å²) >= 11 is 0. The smallest absolute Gasteiger partial charge is 0.303 e. The average molecular weight is 252 g/mol. The minimum Gasteiger partial charge on any atom is -0.303 e. The van der Waals surface area contributed by atoms with E-state index in [0.717, 1.165) is 32.4 Å². The van der Waals surface area contributed by atoms with E-state index >= 15 is 0 Å². The third kappa shape index (κ3) is 4.47. The standard InChI is InChI=1S/C12H23F3N2/c1-4-9(2)17-7-5-11(6-8-17)16-10(3)12(13,14)15/h9-11,16H,4-8H2,1-3H3. The van der Waals surface area contributed by atoms with Crippen LogP contribution in [0.3, 0.4) is 0 Å². The van der Waals surface area contributed by atoms with Gasteiger partial charge in [-0.2, -0.15) is 13.2 Å². The summed E-state index contributed by atoms with van der Waals surface area (Å²) in [6.07, 6.45) is -1.42. The van der Waals surface area contributed by atoms with E-state index in [1.807, 2.05) is 0 Å². The second-order valence-corrected chi connectivity index (χ2v) is 5.00. The fourth-order valence-corrected chi connectivity index (χ4v) is 2.21. The van der Waals surface area contributed by atoms with Crippen LogP contribution in [-0.2, 0) is 0 Å². The van der Waals surface area contributed by atoms with E-state index < -0.39 is 12.2 Å². The van der Waals surface area contributed by atoms with Gasteiger partial charge in [0.15, 0.2) is 0 Å². The molecule has 2 atom stereocenters. The van der Waals surface area contributed by atoms with Crippen LogP contribution in [0.4, 0.5) is 13.2 Å². The van der Waals surface area contributed by atoms with Gasteiger partial charge in [0.2, 0.25) is 0 Å². The van der Waals surface area contributed by atoms with E-state index in [1.165, 1.54) is 6.92 Å². The first kappa shape index (κ1) is 14.8. The normalized spacial score (nSPS) is 23.6. The van der Waals surface area contributed by atoms with Crippen LogP contribution >= 0.6 is 0 Å². The number of rotatable bonds is 4. The average Bonchev–Trinajstić information content (AvgIpc) is 2.27. The van der Waals surface area contributed by atoms with Crippen LogP contribution in [0.2, 0.25) is 0 Å². The van der Waals surface area contributed by atoms with Crippen molar-refractivity contribution in [1.29, 1.82) is 0 Å². The van der Waals surface area contributed by atoms with E-state index in [4.69, 9.17) is 0 Å². The predicted octanol–water partition coefficient (Wildman–Crippen LogP) is 2.79. The molecule has 1 N–H and O–H groups in total. The molecule has 1 aliphatic heterocycles. The Labute approximate surface area is 102 Å². The van der Waals surface area contributed by atoms with Gasteiger partial charge in [-0.1, -0.05) is 6.92 Å². The van der Waals surface area contributed by atoms with Crippen molar-refractivity contribution in [2.75, 3.05) is 13.1 Å². The molecule has 102 valence electrons.